The summed E-state index contributed by atoms with van der Waals surface area (Å²) in [6.07, 6.45) is 1.31. The molecule has 2 aromatic rings. The molecule has 0 unspecified atom stereocenters. The fourth-order valence-electron chi connectivity index (χ4n) is 1.29. The molecular weight excluding hydrogens is 278 g/mol. The zero-order valence-electron chi connectivity index (χ0n) is 9.58. The number of tetrazole rings is 1. The van der Waals surface area contributed by atoms with Crippen molar-refractivity contribution >= 4 is 17.2 Å². The van der Waals surface area contributed by atoms with Crippen LogP contribution in [0, 0.1) is 0 Å². The predicted octanol–water partition coefficient (Wildman–Crippen LogP) is 0.0476. The molecule has 19 heavy (non-hydrogen) atoms. The average molecular weight is 288 g/mol. The number of rotatable bonds is 5. The Morgan fingerprint density at radius 3 is 3.00 bits per heavy atom. The number of thiophene rings is 1. The Bertz CT molecular complexity index is 555. The standard InChI is InChI=1S/C9H10F2N6OS/c10-9(11,3-12)4-13-8(18)7-6(1-2-19-7)17-5-14-15-16-17/h1-2,5H,3-4,12H2,(H,13,18). The lowest BCUT2D eigenvalue weighted by Crippen LogP contribution is -2.41. The highest BCUT2D eigenvalue weighted by atomic mass is 32.1. The lowest BCUT2D eigenvalue weighted by Gasteiger charge is -2.14. The minimum Gasteiger partial charge on any atom is -0.345 e. The molecule has 0 spiro atoms. The van der Waals surface area contributed by atoms with Gasteiger partial charge >= 0.3 is 0 Å². The maximum Gasteiger partial charge on any atom is 0.277 e. The van der Waals surface area contributed by atoms with Gasteiger partial charge in [-0.25, -0.2) is 8.78 Å². The Kier molecular flexibility index (Phi) is 3.81. The van der Waals surface area contributed by atoms with Crippen molar-refractivity contribution in [1.29, 1.82) is 0 Å². The molecule has 0 fully saturated rings. The lowest BCUT2D eigenvalue weighted by atomic mass is 10.3. The van der Waals surface area contributed by atoms with Gasteiger partial charge in [0, 0.05) is 0 Å². The number of carbonyl (C=O) groups excluding carboxylic acids is 1. The minimum atomic E-state index is -3.12. The third-order valence-electron chi connectivity index (χ3n) is 2.25. The van der Waals surface area contributed by atoms with E-state index in [1.807, 2.05) is 0 Å². The summed E-state index contributed by atoms with van der Waals surface area (Å²) in [5.74, 6) is -3.74. The highest BCUT2D eigenvalue weighted by molar-refractivity contribution is 7.12. The van der Waals surface area contributed by atoms with E-state index in [4.69, 9.17) is 5.73 Å². The van der Waals surface area contributed by atoms with Gasteiger partial charge in [-0.3, -0.25) is 4.79 Å². The van der Waals surface area contributed by atoms with E-state index in [-0.39, 0.29) is 4.88 Å². The molecule has 0 saturated heterocycles. The third-order valence-corrected chi connectivity index (χ3v) is 3.16. The Morgan fingerprint density at radius 1 is 1.58 bits per heavy atom. The number of hydrogen-bond donors (Lipinski definition) is 2. The van der Waals surface area contributed by atoms with Gasteiger partial charge in [0.05, 0.1) is 18.8 Å². The second kappa shape index (κ2) is 5.36. The quantitative estimate of drug-likeness (QED) is 0.810. The van der Waals surface area contributed by atoms with Crippen molar-refractivity contribution in [3.05, 3.63) is 22.7 Å². The molecule has 0 aromatic carbocycles. The molecule has 0 atom stereocenters. The zero-order valence-corrected chi connectivity index (χ0v) is 10.4. The van der Waals surface area contributed by atoms with Crippen molar-refractivity contribution in [3.63, 3.8) is 0 Å². The normalized spacial score (nSPS) is 11.5. The van der Waals surface area contributed by atoms with E-state index < -0.39 is 24.9 Å². The number of nitrogens with zero attached hydrogens (tertiary/aromatic N) is 4. The first-order valence-corrected chi connectivity index (χ1v) is 6.08. The number of amides is 1. The van der Waals surface area contributed by atoms with Crippen LogP contribution in [0.15, 0.2) is 17.8 Å². The van der Waals surface area contributed by atoms with E-state index in [2.05, 4.69) is 20.8 Å². The van der Waals surface area contributed by atoms with Gasteiger partial charge in [0.1, 0.15) is 11.2 Å². The van der Waals surface area contributed by atoms with Crippen molar-refractivity contribution < 1.29 is 13.6 Å². The molecule has 3 N–H and O–H groups in total. The lowest BCUT2D eigenvalue weighted by molar-refractivity contribution is 0.0119. The number of halogens is 2. The Hall–Kier alpha value is -1.94. The van der Waals surface area contributed by atoms with E-state index in [1.54, 1.807) is 11.4 Å². The number of aromatic nitrogens is 4. The van der Waals surface area contributed by atoms with Crippen LogP contribution in [0.25, 0.3) is 5.69 Å². The summed E-state index contributed by atoms with van der Waals surface area (Å²) < 4.78 is 27.2. The summed E-state index contributed by atoms with van der Waals surface area (Å²) in [5, 5.41) is 14.3. The van der Waals surface area contributed by atoms with Gasteiger partial charge in [-0.1, -0.05) is 0 Å². The molecule has 0 aliphatic heterocycles. The van der Waals surface area contributed by atoms with E-state index in [9.17, 15) is 13.6 Å². The van der Waals surface area contributed by atoms with Crippen LogP contribution in [0.2, 0.25) is 0 Å². The third kappa shape index (κ3) is 3.09. The van der Waals surface area contributed by atoms with Crippen LogP contribution in [0.4, 0.5) is 8.78 Å². The fourth-order valence-corrected chi connectivity index (χ4v) is 2.08. The summed E-state index contributed by atoms with van der Waals surface area (Å²) in [7, 11) is 0. The number of nitrogens with two attached hydrogens (primary N) is 1. The van der Waals surface area contributed by atoms with Crippen LogP contribution in [0.3, 0.4) is 0 Å². The van der Waals surface area contributed by atoms with Crippen molar-refractivity contribution in [1.82, 2.24) is 25.5 Å². The SMILES string of the molecule is NCC(F)(F)CNC(=O)c1sccc1-n1cnnn1. The highest BCUT2D eigenvalue weighted by Gasteiger charge is 2.28. The van der Waals surface area contributed by atoms with Crippen LogP contribution >= 0.6 is 11.3 Å². The first-order chi connectivity index (χ1) is 9.03. The predicted molar refractivity (Wildman–Crippen MR) is 63.4 cm³/mol. The van der Waals surface area contributed by atoms with E-state index in [0.717, 1.165) is 11.3 Å². The largest absolute Gasteiger partial charge is 0.345 e. The molecule has 2 heterocycles. The van der Waals surface area contributed by atoms with Crippen molar-refractivity contribution in [3.8, 4) is 5.69 Å². The summed E-state index contributed by atoms with van der Waals surface area (Å²) in [5.41, 5.74) is 5.32. The van der Waals surface area contributed by atoms with Crippen molar-refractivity contribution in [2.24, 2.45) is 5.73 Å². The molecule has 10 heteroatoms. The van der Waals surface area contributed by atoms with Gasteiger partial charge in [0.25, 0.3) is 11.8 Å². The summed E-state index contributed by atoms with van der Waals surface area (Å²) >= 11 is 1.11. The number of hydrogen-bond acceptors (Lipinski definition) is 6. The van der Waals surface area contributed by atoms with E-state index in [0.29, 0.717) is 5.69 Å². The van der Waals surface area contributed by atoms with Gasteiger partial charge in [-0.05, 0) is 21.9 Å². The average Bonchev–Trinajstić information content (AvgIpc) is 3.05. The van der Waals surface area contributed by atoms with E-state index >= 15 is 0 Å². The van der Waals surface area contributed by atoms with Gasteiger partial charge in [0.2, 0.25) is 0 Å². The van der Waals surface area contributed by atoms with Crippen LogP contribution in [-0.4, -0.2) is 45.1 Å². The van der Waals surface area contributed by atoms with Gasteiger partial charge in [-0.2, -0.15) is 4.68 Å². The molecule has 7 nitrogen and oxygen atoms in total. The van der Waals surface area contributed by atoms with Gasteiger partial charge in [-0.15, -0.1) is 16.4 Å². The van der Waals surface area contributed by atoms with E-state index in [1.165, 1.54) is 11.0 Å². The highest BCUT2D eigenvalue weighted by Crippen LogP contribution is 2.20. The van der Waals surface area contributed by atoms with Gasteiger partial charge in [0.15, 0.2) is 0 Å². The first-order valence-electron chi connectivity index (χ1n) is 5.20. The monoisotopic (exact) mass is 288 g/mol. The number of nitrogens with one attached hydrogen (secondary N) is 1. The maximum absolute atomic E-state index is 13.0. The fraction of sp³-hybridized carbons (Fsp3) is 0.333. The molecule has 0 aliphatic rings. The summed E-state index contributed by atoms with van der Waals surface area (Å²) in [6.45, 7) is -1.63. The van der Waals surface area contributed by atoms with Crippen LogP contribution < -0.4 is 11.1 Å². The topological polar surface area (TPSA) is 98.7 Å². The smallest absolute Gasteiger partial charge is 0.277 e. The molecule has 0 bridgehead atoms. The number of carbonyl (C=O) groups is 1. The molecule has 0 saturated carbocycles. The van der Waals surface area contributed by atoms with Crippen LogP contribution in [0.5, 0.6) is 0 Å². The number of alkyl halides is 2. The molecule has 0 aliphatic carbocycles. The second-order valence-electron chi connectivity index (χ2n) is 3.63. The molecule has 102 valence electrons. The summed E-state index contributed by atoms with van der Waals surface area (Å²) in [4.78, 5) is 12.1. The second-order valence-corrected chi connectivity index (χ2v) is 4.55. The molecular formula is C9H10F2N6OS. The molecule has 2 aromatic heterocycles. The first kappa shape index (κ1) is 13.5. The molecule has 2 rings (SSSR count). The van der Waals surface area contributed by atoms with Crippen LogP contribution in [0.1, 0.15) is 9.67 Å². The van der Waals surface area contributed by atoms with Crippen LogP contribution in [-0.2, 0) is 0 Å². The minimum absolute atomic E-state index is 0.250. The zero-order chi connectivity index (χ0) is 13.9. The Balaban J connectivity index is 2.11. The molecule has 0 radical (unpaired) electrons. The van der Waals surface area contributed by atoms with Crippen molar-refractivity contribution in [2.45, 2.75) is 5.92 Å². The van der Waals surface area contributed by atoms with Crippen molar-refractivity contribution in [2.75, 3.05) is 13.1 Å². The Morgan fingerprint density at radius 2 is 2.37 bits per heavy atom. The summed E-state index contributed by atoms with van der Waals surface area (Å²) in [6, 6.07) is 1.62. The Labute approximate surface area is 110 Å². The van der Waals surface area contributed by atoms with Gasteiger partial charge < -0.3 is 11.1 Å². The molecule has 1 amide bonds. The maximum atomic E-state index is 13.0.